The summed E-state index contributed by atoms with van der Waals surface area (Å²) in [4.78, 5) is 36.9. The normalized spacial score (nSPS) is 22.9. The Morgan fingerprint density at radius 3 is 2.67 bits per heavy atom. The van der Waals surface area contributed by atoms with Gasteiger partial charge in [0, 0.05) is 11.5 Å². The predicted octanol–water partition coefficient (Wildman–Crippen LogP) is 2.02. The van der Waals surface area contributed by atoms with Gasteiger partial charge in [-0.1, -0.05) is 29.8 Å². The van der Waals surface area contributed by atoms with Gasteiger partial charge in [0.1, 0.15) is 5.76 Å². The van der Waals surface area contributed by atoms with Crippen LogP contribution < -0.4 is 5.32 Å². The fourth-order valence-corrected chi connectivity index (χ4v) is 3.88. The molecule has 1 aromatic heterocycles. The summed E-state index contributed by atoms with van der Waals surface area (Å²) in [6, 6.07) is 10.3. The Hall–Kier alpha value is -3.16. The van der Waals surface area contributed by atoms with Crippen molar-refractivity contribution in [2.75, 3.05) is 20.2 Å². The van der Waals surface area contributed by atoms with Gasteiger partial charge in [-0.25, -0.2) is 0 Å². The molecule has 3 atom stereocenters. The minimum absolute atomic E-state index is 0.127. The Morgan fingerprint density at radius 1 is 1.41 bits per heavy atom. The topological polar surface area (TPSA) is 112 Å². The third-order valence-corrected chi connectivity index (χ3v) is 5.16. The van der Waals surface area contributed by atoms with E-state index in [1.54, 1.807) is 36.4 Å². The zero-order valence-electron chi connectivity index (χ0n) is 15.0. The summed E-state index contributed by atoms with van der Waals surface area (Å²) in [5.41, 5.74) is -0.310. The summed E-state index contributed by atoms with van der Waals surface area (Å²) in [5.74, 6) is -2.74. The highest BCUT2D eigenvalue weighted by Gasteiger charge is 2.64. The van der Waals surface area contributed by atoms with Gasteiger partial charge in [-0.15, -0.1) is 0 Å². The summed E-state index contributed by atoms with van der Waals surface area (Å²) in [6.07, 6.45) is 1.44. The number of benzene rings is 1. The highest BCUT2D eigenvalue weighted by atomic mass is 16.6. The highest BCUT2D eigenvalue weighted by Crippen LogP contribution is 2.51. The first-order chi connectivity index (χ1) is 12.9. The molecule has 1 amide bonds. The predicted molar refractivity (Wildman–Crippen MR) is 94.7 cm³/mol. The number of carbonyl (C=O) groups excluding carboxylic acids is 2. The standard InChI is InChI=1S/C19H20N2O6/c1-12-5-7-13(8-6-12)15(11-21(24)25)19(18(23)26-2)14(10-20-17(19)22)16-4-3-9-27-16/h3-9,14-15H,10-11H2,1-2H3,(H,20,22)/t14-,15-,19-/m1/s1. The van der Waals surface area contributed by atoms with Crippen molar-refractivity contribution in [3.05, 3.63) is 69.7 Å². The quantitative estimate of drug-likeness (QED) is 0.359. The van der Waals surface area contributed by atoms with Crippen molar-refractivity contribution in [1.82, 2.24) is 5.32 Å². The van der Waals surface area contributed by atoms with Crippen molar-refractivity contribution >= 4 is 11.9 Å². The number of methoxy groups -OCH3 is 1. The van der Waals surface area contributed by atoms with Gasteiger partial charge in [-0.2, -0.15) is 0 Å². The molecule has 1 N–H and O–H groups in total. The lowest BCUT2D eigenvalue weighted by Gasteiger charge is -2.34. The van der Waals surface area contributed by atoms with Crippen LogP contribution in [0.25, 0.3) is 0 Å². The maximum atomic E-state index is 13.0. The number of furan rings is 1. The largest absolute Gasteiger partial charge is 0.469 e. The van der Waals surface area contributed by atoms with Gasteiger partial charge < -0.3 is 14.5 Å². The Labute approximate surface area is 155 Å². The van der Waals surface area contributed by atoms with Crippen molar-refractivity contribution < 1.29 is 23.7 Å². The molecule has 8 heteroatoms. The molecule has 142 valence electrons. The number of hydrogen-bond donors (Lipinski definition) is 1. The third-order valence-electron chi connectivity index (χ3n) is 5.16. The van der Waals surface area contributed by atoms with Crippen LogP contribution >= 0.6 is 0 Å². The molecular weight excluding hydrogens is 352 g/mol. The number of amides is 1. The smallest absolute Gasteiger partial charge is 0.323 e. The minimum Gasteiger partial charge on any atom is -0.469 e. The van der Waals surface area contributed by atoms with Crippen molar-refractivity contribution in [3.63, 3.8) is 0 Å². The van der Waals surface area contributed by atoms with E-state index in [4.69, 9.17) is 9.15 Å². The van der Waals surface area contributed by atoms with E-state index in [0.717, 1.165) is 5.56 Å². The second-order valence-corrected chi connectivity index (χ2v) is 6.62. The van der Waals surface area contributed by atoms with E-state index in [1.165, 1.54) is 13.4 Å². The maximum Gasteiger partial charge on any atom is 0.323 e. The van der Waals surface area contributed by atoms with Gasteiger partial charge in [0.2, 0.25) is 12.5 Å². The number of carbonyl (C=O) groups is 2. The van der Waals surface area contributed by atoms with Crippen LogP contribution in [0.3, 0.4) is 0 Å². The summed E-state index contributed by atoms with van der Waals surface area (Å²) in [6.45, 7) is 1.42. The summed E-state index contributed by atoms with van der Waals surface area (Å²) < 4.78 is 10.4. The monoisotopic (exact) mass is 372 g/mol. The van der Waals surface area contributed by atoms with E-state index >= 15 is 0 Å². The SMILES string of the molecule is COC(=O)[C@]1([C@H](C[N+](=O)[O-])c2ccc(C)cc2)C(=O)NC[C@@H]1c1ccco1. The number of nitrogens with one attached hydrogen (secondary N) is 1. The first kappa shape index (κ1) is 18.6. The molecule has 1 aromatic carbocycles. The molecule has 2 heterocycles. The van der Waals surface area contributed by atoms with Gasteiger partial charge in [-0.05, 0) is 24.6 Å². The van der Waals surface area contributed by atoms with Gasteiger partial charge >= 0.3 is 5.97 Å². The number of aryl methyl sites for hydroxylation is 1. The summed E-state index contributed by atoms with van der Waals surface area (Å²) >= 11 is 0. The fraction of sp³-hybridized carbons (Fsp3) is 0.368. The molecule has 0 spiro atoms. The fourth-order valence-electron chi connectivity index (χ4n) is 3.88. The van der Waals surface area contributed by atoms with Crippen LogP contribution in [0.5, 0.6) is 0 Å². The Kier molecular flexibility index (Phi) is 4.98. The number of esters is 1. The molecule has 2 aromatic rings. The summed E-state index contributed by atoms with van der Waals surface area (Å²) in [5, 5.41) is 14.1. The van der Waals surface area contributed by atoms with E-state index < -0.39 is 40.6 Å². The maximum absolute atomic E-state index is 13.0. The van der Waals surface area contributed by atoms with Crippen LogP contribution in [-0.2, 0) is 14.3 Å². The average molecular weight is 372 g/mol. The Balaban J connectivity index is 2.23. The second-order valence-electron chi connectivity index (χ2n) is 6.62. The van der Waals surface area contributed by atoms with Crippen LogP contribution in [0, 0.1) is 22.5 Å². The van der Waals surface area contributed by atoms with E-state index in [-0.39, 0.29) is 6.54 Å². The zero-order valence-corrected chi connectivity index (χ0v) is 15.0. The van der Waals surface area contributed by atoms with Gasteiger partial charge in [0.25, 0.3) is 0 Å². The molecule has 1 aliphatic rings. The number of ether oxygens (including phenoxy) is 1. The molecule has 0 bridgehead atoms. The molecule has 27 heavy (non-hydrogen) atoms. The molecule has 1 aliphatic heterocycles. The van der Waals surface area contributed by atoms with Crippen molar-refractivity contribution in [2.24, 2.45) is 5.41 Å². The van der Waals surface area contributed by atoms with Crippen molar-refractivity contribution in [1.29, 1.82) is 0 Å². The second kappa shape index (κ2) is 7.22. The van der Waals surface area contributed by atoms with E-state index in [0.29, 0.717) is 11.3 Å². The molecule has 1 saturated heterocycles. The highest BCUT2D eigenvalue weighted by molar-refractivity contribution is 6.06. The molecule has 0 saturated carbocycles. The van der Waals surface area contributed by atoms with E-state index in [9.17, 15) is 19.7 Å². The molecule has 3 rings (SSSR count). The van der Waals surface area contributed by atoms with Gasteiger partial charge in [-0.3, -0.25) is 19.7 Å². The average Bonchev–Trinajstić information content (AvgIpc) is 3.28. The molecule has 0 aliphatic carbocycles. The van der Waals surface area contributed by atoms with E-state index in [1.807, 2.05) is 6.92 Å². The zero-order chi connectivity index (χ0) is 19.6. The van der Waals surface area contributed by atoms with Crippen molar-refractivity contribution in [2.45, 2.75) is 18.8 Å². The minimum atomic E-state index is -1.80. The van der Waals surface area contributed by atoms with Crippen LogP contribution in [0.15, 0.2) is 47.1 Å². The number of nitro groups is 1. The summed E-state index contributed by atoms with van der Waals surface area (Å²) in [7, 11) is 1.17. The Bertz CT molecular complexity index is 846. The Morgan fingerprint density at radius 2 is 2.11 bits per heavy atom. The van der Waals surface area contributed by atoms with Gasteiger partial charge in [0.05, 0.1) is 25.2 Å². The van der Waals surface area contributed by atoms with Gasteiger partial charge in [0.15, 0.2) is 5.41 Å². The van der Waals surface area contributed by atoms with Crippen LogP contribution in [0.4, 0.5) is 0 Å². The number of rotatable bonds is 6. The lowest BCUT2D eigenvalue weighted by Crippen LogP contribution is -2.49. The molecule has 1 fully saturated rings. The van der Waals surface area contributed by atoms with E-state index in [2.05, 4.69) is 5.32 Å². The third kappa shape index (κ3) is 3.07. The first-order valence-corrected chi connectivity index (χ1v) is 8.49. The molecule has 0 radical (unpaired) electrons. The lowest BCUT2D eigenvalue weighted by molar-refractivity contribution is -0.485. The molecular formula is C19H20N2O6. The van der Waals surface area contributed by atoms with Crippen LogP contribution in [-0.4, -0.2) is 37.0 Å². The molecule has 8 nitrogen and oxygen atoms in total. The van der Waals surface area contributed by atoms with Crippen LogP contribution in [0.1, 0.15) is 28.7 Å². The number of hydrogen-bond acceptors (Lipinski definition) is 6. The van der Waals surface area contributed by atoms with Crippen LogP contribution in [0.2, 0.25) is 0 Å². The first-order valence-electron chi connectivity index (χ1n) is 8.49. The van der Waals surface area contributed by atoms with Crippen molar-refractivity contribution in [3.8, 4) is 0 Å². The lowest BCUT2D eigenvalue weighted by atomic mass is 9.64. The number of nitrogens with zero attached hydrogens (tertiary/aromatic N) is 1. The molecule has 0 unspecified atom stereocenters.